The lowest BCUT2D eigenvalue weighted by molar-refractivity contribution is -0.113. The van der Waals surface area contributed by atoms with Crippen molar-refractivity contribution in [2.24, 2.45) is 0 Å². The van der Waals surface area contributed by atoms with E-state index in [1.54, 1.807) is 42.5 Å². The fraction of sp³-hybridized carbons (Fsp3) is 0.130. The lowest BCUT2D eigenvalue weighted by Gasteiger charge is -2.07. The van der Waals surface area contributed by atoms with Gasteiger partial charge in [-0.15, -0.1) is 0 Å². The molecule has 0 spiro atoms. The quantitative estimate of drug-likeness (QED) is 0.603. The number of rotatable bonds is 7. The Morgan fingerprint density at radius 3 is 2.10 bits per heavy atom. The monoisotopic (exact) mass is 407 g/mol. The SMILES string of the molecule is Cc1cccc(NC(=O)CS(=O)(=O)CC(=O)c2ccc(-c3ccccc3)cc2)c1. The van der Waals surface area contributed by atoms with E-state index in [2.05, 4.69) is 5.32 Å². The van der Waals surface area contributed by atoms with Crippen molar-refractivity contribution in [1.82, 2.24) is 0 Å². The minimum atomic E-state index is -3.88. The summed E-state index contributed by atoms with van der Waals surface area (Å²) in [5.41, 5.74) is 3.70. The third kappa shape index (κ3) is 5.86. The largest absolute Gasteiger partial charge is 0.325 e. The van der Waals surface area contributed by atoms with Crippen molar-refractivity contribution in [1.29, 1.82) is 0 Å². The van der Waals surface area contributed by atoms with E-state index in [9.17, 15) is 18.0 Å². The van der Waals surface area contributed by atoms with Crippen LogP contribution in [0.15, 0.2) is 78.9 Å². The molecular weight excluding hydrogens is 386 g/mol. The summed E-state index contributed by atoms with van der Waals surface area (Å²) in [5.74, 6) is -2.65. The summed E-state index contributed by atoms with van der Waals surface area (Å²) in [6.45, 7) is 1.87. The van der Waals surface area contributed by atoms with Crippen LogP contribution in [-0.2, 0) is 14.6 Å². The highest BCUT2D eigenvalue weighted by Crippen LogP contribution is 2.19. The molecular formula is C23H21NO4S. The predicted octanol–water partition coefficient (Wildman–Crippen LogP) is 3.90. The van der Waals surface area contributed by atoms with Crippen molar-refractivity contribution in [2.75, 3.05) is 16.8 Å². The summed E-state index contributed by atoms with van der Waals surface area (Å²) < 4.78 is 24.6. The molecule has 29 heavy (non-hydrogen) atoms. The summed E-state index contributed by atoms with van der Waals surface area (Å²) in [6, 6.07) is 23.5. The zero-order chi connectivity index (χ0) is 20.9. The van der Waals surface area contributed by atoms with E-state index in [1.807, 2.05) is 43.3 Å². The number of ketones is 1. The smallest absolute Gasteiger partial charge is 0.239 e. The maximum Gasteiger partial charge on any atom is 0.239 e. The zero-order valence-electron chi connectivity index (χ0n) is 16.0. The average molecular weight is 407 g/mol. The molecule has 3 aromatic rings. The highest BCUT2D eigenvalue weighted by Gasteiger charge is 2.22. The molecule has 6 heteroatoms. The molecule has 1 N–H and O–H groups in total. The Morgan fingerprint density at radius 2 is 1.45 bits per heavy atom. The highest BCUT2D eigenvalue weighted by molar-refractivity contribution is 7.92. The van der Waals surface area contributed by atoms with Crippen molar-refractivity contribution >= 4 is 27.2 Å². The molecule has 0 aliphatic rings. The van der Waals surface area contributed by atoms with Gasteiger partial charge in [-0.25, -0.2) is 8.42 Å². The van der Waals surface area contributed by atoms with Gasteiger partial charge in [0, 0.05) is 11.3 Å². The van der Waals surface area contributed by atoms with Crippen LogP contribution >= 0.6 is 0 Å². The molecule has 0 aliphatic carbocycles. The summed E-state index contributed by atoms with van der Waals surface area (Å²) in [4.78, 5) is 24.4. The molecule has 0 radical (unpaired) electrons. The molecule has 3 rings (SSSR count). The summed E-state index contributed by atoms with van der Waals surface area (Å²) in [7, 11) is -3.88. The number of amides is 1. The van der Waals surface area contributed by atoms with Gasteiger partial charge < -0.3 is 5.32 Å². The number of hydrogen-bond acceptors (Lipinski definition) is 4. The molecule has 1 amide bonds. The van der Waals surface area contributed by atoms with Crippen LogP contribution in [0.4, 0.5) is 5.69 Å². The Balaban J connectivity index is 1.62. The third-order valence-electron chi connectivity index (χ3n) is 4.32. The molecule has 5 nitrogen and oxygen atoms in total. The number of aryl methyl sites for hydroxylation is 1. The topological polar surface area (TPSA) is 80.3 Å². The first-order chi connectivity index (χ1) is 13.8. The van der Waals surface area contributed by atoms with Crippen LogP contribution in [0, 0.1) is 6.92 Å². The summed E-state index contributed by atoms with van der Waals surface area (Å²) in [6.07, 6.45) is 0. The van der Waals surface area contributed by atoms with Crippen molar-refractivity contribution in [3.63, 3.8) is 0 Å². The number of benzene rings is 3. The third-order valence-corrected chi connectivity index (χ3v) is 5.72. The molecule has 0 aromatic heterocycles. The van der Waals surface area contributed by atoms with Crippen LogP contribution in [0.3, 0.4) is 0 Å². The molecule has 148 valence electrons. The standard InChI is InChI=1S/C23H21NO4S/c1-17-6-5-9-21(14-17)24-23(26)16-29(27,28)15-22(25)20-12-10-19(11-13-20)18-7-3-2-4-8-18/h2-14H,15-16H2,1H3,(H,24,26). The Hall–Kier alpha value is -3.25. The molecule has 3 aromatic carbocycles. The Bertz CT molecular complexity index is 1120. The first-order valence-electron chi connectivity index (χ1n) is 9.08. The van der Waals surface area contributed by atoms with Gasteiger partial charge in [0.05, 0.1) is 0 Å². The van der Waals surface area contributed by atoms with E-state index in [4.69, 9.17) is 0 Å². The number of sulfone groups is 1. The molecule has 0 heterocycles. The second-order valence-corrected chi connectivity index (χ2v) is 8.88. The van der Waals surface area contributed by atoms with E-state index in [-0.39, 0.29) is 0 Å². The van der Waals surface area contributed by atoms with Crippen molar-refractivity contribution in [3.05, 3.63) is 90.0 Å². The Kier molecular flexibility index (Phi) is 6.24. The number of carbonyl (C=O) groups is 2. The number of nitrogens with one attached hydrogen (secondary N) is 1. The fourth-order valence-corrected chi connectivity index (χ4v) is 4.07. The van der Waals surface area contributed by atoms with Gasteiger partial charge in [0.2, 0.25) is 5.91 Å². The summed E-state index contributed by atoms with van der Waals surface area (Å²) in [5, 5.41) is 2.55. The highest BCUT2D eigenvalue weighted by atomic mass is 32.2. The van der Waals surface area contributed by atoms with Crippen LogP contribution in [0.5, 0.6) is 0 Å². The molecule has 0 unspecified atom stereocenters. The Labute approximate surface area is 170 Å². The van der Waals surface area contributed by atoms with Gasteiger partial charge in [0.25, 0.3) is 0 Å². The van der Waals surface area contributed by atoms with Crippen molar-refractivity contribution in [3.8, 4) is 11.1 Å². The molecule has 0 saturated heterocycles. The van der Waals surface area contributed by atoms with Crippen LogP contribution in [0.25, 0.3) is 11.1 Å². The van der Waals surface area contributed by atoms with E-state index in [0.717, 1.165) is 16.7 Å². The lowest BCUT2D eigenvalue weighted by Crippen LogP contribution is -2.27. The fourth-order valence-electron chi connectivity index (χ4n) is 2.93. The maximum absolute atomic E-state index is 12.4. The van der Waals surface area contributed by atoms with Crippen LogP contribution in [0.1, 0.15) is 15.9 Å². The van der Waals surface area contributed by atoms with Gasteiger partial charge in [0.15, 0.2) is 15.6 Å². The molecule has 0 bridgehead atoms. The second kappa shape index (κ2) is 8.84. The molecule has 0 fully saturated rings. The lowest BCUT2D eigenvalue weighted by atomic mass is 10.0. The number of carbonyl (C=O) groups excluding carboxylic acids is 2. The number of Topliss-reactive ketones (excluding diaryl/α,β-unsaturated/α-hetero) is 1. The van der Waals surface area contributed by atoms with Gasteiger partial charge >= 0.3 is 0 Å². The molecule has 0 saturated carbocycles. The number of hydrogen-bond donors (Lipinski definition) is 1. The summed E-state index contributed by atoms with van der Waals surface area (Å²) >= 11 is 0. The van der Waals surface area contributed by atoms with Crippen LogP contribution in [-0.4, -0.2) is 31.6 Å². The normalized spacial score (nSPS) is 11.1. The van der Waals surface area contributed by atoms with Gasteiger partial charge in [-0.2, -0.15) is 0 Å². The first-order valence-corrected chi connectivity index (χ1v) is 10.9. The van der Waals surface area contributed by atoms with Gasteiger partial charge in [-0.05, 0) is 35.7 Å². The van der Waals surface area contributed by atoms with Gasteiger partial charge in [0.1, 0.15) is 11.5 Å². The second-order valence-electron chi connectivity index (χ2n) is 6.82. The average Bonchev–Trinajstić information content (AvgIpc) is 2.68. The van der Waals surface area contributed by atoms with Crippen molar-refractivity contribution in [2.45, 2.75) is 6.92 Å². The molecule has 0 atom stereocenters. The van der Waals surface area contributed by atoms with E-state index < -0.39 is 33.0 Å². The van der Waals surface area contributed by atoms with Crippen LogP contribution < -0.4 is 5.32 Å². The van der Waals surface area contributed by atoms with Gasteiger partial charge in [-0.1, -0.05) is 66.7 Å². The zero-order valence-corrected chi connectivity index (χ0v) is 16.8. The van der Waals surface area contributed by atoms with E-state index in [0.29, 0.717) is 11.3 Å². The van der Waals surface area contributed by atoms with E-state index >= 15 is 0 Å². The van der Waals surface area contributed by atoms with Crippen molar-refractivity contribution < 1.29 is 18.0 Å². The van der Waals surface area contributed by atoms with E-state index in [1.165, 1.54) is 0 Å². The number of anilines is 1. The first kappa shape index (κ1) is 20.5. The minimum absolute atomic E-state index is 0.298. The van der Waals surface area contributed by atoms with Gasteiger partial charge in [-0.3, -0.25) is 9.59 Å². The minimum Gasteiger partial charge on any atom is -0.325 e. The Morgan fingerprint density at radius 1 is 0.793 bits per heavy atom. The maximum atomic E-state index is 12.4. The molecule has 0 aliphatic heterocycles. The predicted molar refractivity (Wildman–Crippen MR) is 115 cm³/mol. The van der Waals surface area contributed by atoms with Crippen LogP contribution in [0.2, 0.25) is 0 Å².